The molecule has 0 spiro atoms. The van der Waals surface area contributed by atoms with Crippen molar-refractivity contribution in [2.75, 3.05) is 0 Å². The minimum atomic E-state index is -0.359. The number of hydrogen-bond donors (Lipinski definition) is 1. The predicted molar refractivity (Wildman–Crippen MR) is 120 cm³/mol. The van der Waals surface area contributed by atoms with Crippen LogP contribution in [-0.4, -0.2) is 14.1 Å². The molecule has 0 aliphatic rings. The average molecular weight is 421 g/mol. The van der Waals surface area contributed by atoms with Crippen LogP contribution >= 0.6 is 0 Å². The van der Waals surface area contributed by atoms with E-state index in [9.17, 15) is 14.0 Å². The second kappa shape index (κ2) is 7.58. The van der Waals surface area contributed by atoms with Crippen molar-refractivity contribution in [2.24, 2.45) is 7.05 Å². The molecular weight excluding hydrogens is 397 g/mol. The van der Waals surface area contributed by atoms with Gasteiger partial charge in [0, 0.05) is 48.2 Å². The highest BCUT2D eigenvalue weighted by Gasteiger charge is 2.21. The zero-order valence-electron chi connectivity index (χ0n) is 18.1. The van der Waals surface area contributed by atoms with Crippen LogP contribution in [0, 0.1) is 19.7 Å². The Morgan fingerprint density at radius 2 is 1.68 bits per heavy atom. The molecule has 0 radical (unpaired) electrons. The van der Waals surface area contributed by atoms with Gasteiger partial charge in [-0.3, -0.25) is 9.59 Å². The molecule has 1 N–H and O–H groups in total. The van der Waals surface area contributed by atoms with E-state index in [1.54, 1.807) is 50.1 Å². The van der Waals surface area contributed by atoms with E-state index in [1.165, 1.54) is 16.7 Å². The van der Waals surface area contributed by atoms with Gasteiger partial charge in [-0.15, -0.1) is 0 Å². The van der Waals surface area contributed by atoms with Crippen molar-refractivity contribution >= 4 is 10.9 Å². The van der Waals surface area contributed by atoms with Crippen LogP contribution in [0.2, 0.25) is 0 Å². The Morgan fingerprint density at radius 1 is 1.00 bits per heavy atom. The van der Waals surface area contributed by atoms with Crippen molar-refractivity contribution in [3.8, 4) is 22.6 Å². The Kier molecular flexibility index (Phi) is 5.05. The normalized spacial score (nSPS) is 11.5. The lowest BCUT2D eigenvalue weighted by molar-refractivity contribution is 0.452. The second-order valence-electron chi connectivity index (χ2n) is 8.06. The second-order valence-corrected chi connectivity index (χ2v) is 8.06. The number of aromatic amines is 1. The summed E-state index contributed by atoms with van der Waals surface area (Å²) in [7, 11) is 1.66. The highest BCUT2D eigenvalue weighted by atomic mass is 19.1. The number of nitrogens with one attached hydrogen (secondary N) is 1. The first-order chi connectivity index (χ1) is 14.7. The van der Waals surface area contributed by atoms with Crippen LogP contribution in [0.3, 0.4) is 0 Å². The third-order valence-corrected chi connectivity index (χ3v) is 5.45. The molecule has 0 fully saturated rings. The van der Waals surface area contributed by atoms with Crippen LogP contribution in [0.25, 0.3) is 22.0 Å². The third-order valence-electron chi connectivity index (χ3n) is 5.45. The van der Waals surface area contributed by atoms with Gasteiger partial charge in [-0.2, -0.15) is 0 Å². The molecule has 3 heterocycles. The van der Waals surface area contributed by atoms with E-state index in [2.05, 4.69) is 4.98 Å². The first kappa shape index (κ1) is 20.7. The Bertz CT molecular complexity index is 1400. The molecule has 4 rings (SSSR count). The summed E-state index contributed by atoms with van der Waals surface area (Å²) in [6.07, 6.45) is 5.12. The van der Waals surface area contributed by atoms with E-state index in [0.29, 0.717) is 38.9 Å². The van der Waals surface area contributed by atoms with E-state index in [0.717, 1.165) is 0 Å². The molecular formula is C24H24FN3O3. The molecule has 0 saturated heterocycles. The number of fused-ring (bicyclic) bond motifs is 1. The lowest BCUT2D eigenvalue weighted by Crippen LogP contribution is -2.23. The van der Waals surface area contributed by atoms with Crippen molar-refractivity contribution in [1.29, 1.82) is 0 Å². The number of halogens is 1. The molecule has 31 heavy (non-hydrogen) atoms. The minimum absolute atomic E-state index is 0.0771. The van der Waals surface area contributed by atoms with Gasteiger partial charge in [-0.1, -0.05) is 0 Å². The fourth-order valence-corrected chi connectivity index (χ4v) is 3.89. The van der Waals surface area contributed by atoms with Crippen molar-refractivity contribution in [3.63, 3.8) is 0 Å². The Balaban J connectivity index is 2.03. The highest BCUT2D eigenvalue weighted by Crippen LogP contribution is 2.36. The maximum absolute atomic E-state index is 13.8. The Labute approximate surface area is 178 Å². The summed E-state index contributed by atoms with van der Waals surface area (Å²) in [4.78, 5) is 28.9. The average Bonchev–Trinajstić information content (AvgIpc) is 3.18. The zero-order chi connectivity index (χ0) is 22.4. The number of H-pyrrole nitrogens is 1. The topological polar surface area (TPSA) is 69.0 Å². The van der Waals surface area contributed by atoms with Gasteiger partial charge in [-0.25, -0.2) is 4.39 Å². The summed E-state index contributed by atoms with van der Waals surface area (Å²) in [6, 6.07) is 6.30. The first-order valence-corrected chi connectivity index (χ1v) is 10.1. The van der Waals surface area contributed by atoms with Gasteiger partial charge in [0.05, 0.1) is 0 Å². The Hall–Kier alpha value is -3.61. The zero-order valence-corrected chi connectivity index (χ0v) is 18.1. The quantitative estimate of drug-likeness (QED) is 0.513. The van der Waals surface area contributed by atoms with E-state index >= 15 is 0 Å². The van der Waals surface area contributed by atoms with Crippen LogP contribution in [-0.2, 0) is 7.05 Å². The molecule has 0 amide bonds. The van der Waals surface area contributed by atoms with Gasteiger partial charge in [-0.05, 0) is 63.1 Å². The molecule has 3 aromatic heterocycles. The van der Waals surface area contributed by atoms with E-state index in [4.69, 9.17) is 4.74 Å². The molecule has 6 nitrogen and oxygen atoms in total. The number of hydrogen-bond acceptors (Lipinski definition) is 3. The van der Waals surface area contributed by atoms with Crippen molar-refractivity contribution in [1.82, 2.24) is 14.1 Å². The summed E-state index contributed by atoms with van der Waals surface area (Å²) < 4.78 is 23.1. The summed E-state index contributed by atoms with van der Waals surface area (Å²) in [5.74, 6) is 0.217. The maximum Gasteiger partial charge on any atom is 0.294 e. The number of pyridine rings is 2. The molecule has 0 unspecified atom stereocenters. The largest absolute Gasteiger partial charge is 0.450 e. The molecule has 1 aromatic carbocycles. The Morgan fingerprint density at radius 3 is 2.32 bits per heavy atom. The third kappa shape index (κ3) is 3.46. The van der Waals surface area contributed by atoms with E-state index in [1.807, 2.05) is 19.9 Å². The smallest absolute Gasteiger partial charge is 0.294 e. The molecule has 0 saturated carbocycles. The molecule has 7 heteroatoms. The van der Waals surface area contributed by atoms with Crippen molar-refractivity contribution in [3.05, 3.63) is 80.5 Å². The molecule has 0 bridgehead atoms. The van der Waals surface area contributed by atoms with Crippen LogP contribution in [0.5, 0.6) is 11.5 Å². The predicted octanol–water partition coefficient (Wildman–Crippen LogP) is 4.82. The number of aromatic nitrogens is 3. The van der Waals surface area contributed by atoms with Crippen molar-refractivity contribution < 1.29 is 9.13 Å². The fourth-order valence-electron chi connectivity index (χ4n) is 3.89. The van der Waals surface area contributed by atoms with Gasteiger partial charge >= 0.3 is 0 Å². The molecule has 160 valence electrons. The van der Waals surface area contributed by atoms with Crippen LogP contribution in [0.4, 0.5) is 4.39 Å². The molecule has 0 aliphatic heterocycles. The summed E-state index contributed by atoms with van der Waals surface area (Å²) in [5, 5.41) is 0.696. The van der Waals surface area contributed by atoms with E-state index in [-0.39, 0.29) is 28.7 Å². The highest BCUT2D eigenvalue weighted by molar-refractivity contribution is 5.95. The summed E-state index contributed by atoms with van der Waals surface area (Å²) in [5.41, 5.74) is 2.43. The van der Waals surface area contributed by atoms with Gasteiger partial charge in [0.25, 0.3) is 11.1 Å². The van der Waals surface area contributed by atoms with E-state index < -0.39 is 0 Å². The SMILES string of the molecule is Cc1cc(F)cc(C)c1Oc1c(-c2cn(C)c(=O)c3[nH]ccc23)ccn(C(C)C)c1=O. The van der Waals surface area contributed by atoms with Gasteiger partial charge in [0.15, 0.2) is 0 Å². The summed E-state index contributed by atoms with van der Waals surface area (Å²) in [6.45, 7) is 7.31. The minimum Gasteiger partial charge on any atom is -0.450 e. The lowest BCUT2D eigenvalue weighted by Gasteiger charge is -2.18. The monoisotopic (exact) mass is 421 g/mol. The molecule has 4 aromatic rings. The number of ether oxygens (including phenoxy) is 1. The number of aryl methyl sites for hydroxylation is 3. The number of nitrogens with zero attached hydrogens (tertiary/aromatic N) is 2. The van der Waals surface area contributed by atoms with Crippen LogP contribution in [0.15, 0.2) is 52.4 Å². The standard InChI is InChI=1S/C24H24FN3O3/c1-13(2)28-9-7-18(19-12-27(5)23(29)20-17(19)6-8-26-20)22(24(28)30)31-21-14(3)10-16(25)11-15(21)4/h6-13,26H,1-5H3. The van der Waals surface area contributed by atoms with Gasteiger partial charge < -0.3 is 18.9 Å². The lowest BCUT2D eigenvalue weighted by atomic mass is 10.0. The van der Waals surface area contributed by atoms with Crippen molar-refractivity contribution in [2.45, 2.75) is 33.7 Å². The molecule has 0 atom stereocenters. The van der Waals surface area contributed by atoms with Crippen LogP contribution in [0.1, 0.15) is 31.0 Å². The number of rotatable bonds is 4. The maximum atomic E-state index is 13.8. The fraction of sp³-hybridized carbons (Fsp3) is 0.250. The molecule has 0 aliphatic carbocycles. The van der Waals surface area contributed by atoms with Crippen LogP contribution < -0.4 is 15.9 Å². The number of benzene rings is 1. The summed E-state index contributed by atoms with van der Waals surface area (Å²) >= 11 is 0. The van der Waals surface area contributed by atoms with Gasteiger partial charge in [0.1, 0.15) is 17.1 Å². The first-order valence-electron chi connectivity index (χ1n) is 10.1. The van der Waals surface area contributed by atoms with Gasteiger partial charge in [0.2, 0.25) is 5.75 Å².